The van der Waals surface area contributed by atoms with Crippen molar-refractivity contribution in [1.82, 2.24) is 0 Å². The summed E-state index contributed by atoms with van der Waals surface area (Å²) >= 11 is 0. The molecule has 16 heavy (non-hydrogen) atoms. The Kier molecular flexibility index (Phi) is 3.52. The number of hydrogen-bond donors (Lipinski definition) is 1. The van der Waals surface area contributed by atoms with Gasteiger partial charge in [0.1, 0.15) is 11.4 Å². The fourth-order valence-corrected chi connectivity index (χ4v) is 1.60. The summed E-state index contributed by atoms with van der Waals surface area (Å²) in [5.74, 6) is -0.649. The third kappa shape index (κ3) is 2.72. The largest absolute Gasteiger partial charge is 0.496 e. The monoisotopic (exact) mass is 226 g/mol. The molecule has 1 aromatic rings. The molecule has 88 valence electrons. The molecule has 0 saturated carbocycles. The van der Waals surface area contributed by atoms with Crippen molar-refractivity contribution < 1.29 is 19.0 Å². The van der Waals surface area contributed by atoms with Crippen molar-refractivity contribution in [1.29, 1.82) is 0 Å². The van der Waals surface area contributed by atoms with Crippen molar-refractivity contribution in [2.45, 2.75) is 25.9 Å². The van der Waals surface area contributed by atoms with Gasteiger partial charge in [-0.15, -0.1) is 0 Å². The van der Waals surface area contributed by atoms with E-state index >= 15 is 0 Å². The van der Waals surface area contributed by atoms with E-state index in [4.69, 9.17) is 9.84 Å². The van der Waals surface area contributed by atoms with Crippen LogP contribution in [0.2, 0.25) is 0 Å². The molecule has 0 spiro atoms. The lowest BCUT2D eigenvalue weighted by Crippen LogP contribution is -2.13. The highest BCUT2D eigenvalue weighted by Gasteiger charge is 2.25. The van der Waals surface area contributed by atoms with Gasteiger partial charge < -0.3 is 9.84 Å². The van der Waals surface area contributed by atoms with Crippen molar-refractivity contribution >= 4 is 5.97 Å². The van der Waals surface area contributed by atoms with Crippen LogP contribution in [-0.2, 0) is 16.9 Å². The lowest BCUT2D eigenvalue weighted by atomic mass is 9.95. The number of aliphatic carboxylic acids is 1. The predicted molar refractivity (Wildman–Crippen MR) is 58.5 cm³/mol. The number of hydrogen-bond acceptors (Lipinski definition) is 2. The highest BCUT2D eigenvalue weighted by molar-refractivity contribution is 5.71. The molecule has 0 heterocycles. The first-order valence-electron chi connectivity index (χ1n) is 4.93. The third-order valence-corrected chi connectivity index (χ3v) is 2.28. The van der Waals surface area contributed by atoms with Crippen LogP contribution in [-0.4, -0.2) is 18.2 Å². The summed E-state index contributed by atoms with van der Waals surface area (Å²) < 4.78 is 19.0. The molecule has 0 aliphatic heterocycles. The predicted octanol–water partition coefficient (Wildman–Crippen LogP) is 2.53. The summed E-state index contributed by atoms with van der Waals surface area (Å²) in [6, 6.07) is 4.86. The second kappa shape index (κ2) is 4.51. The van der Waals surface area contributed by atoms with Crippen LogP contribution in [0.3, 0.4) is 0 Å². The number of benzene rings is 1. The molecule has 1 aromatic carbocycles. The standard InChI is InChI=1S/C12H15FO3/c1-12(2,13)9-6-4-5-8(7-10(14)15)11(9)16-3/h4-6H,7H2,1-3H3,(H,14,15). The second-order valence-electron chi connectivity index (χ2n) is 4.04. The Labute approximate surface area is 93.9 Å². The molecule has 0 saturated heterocycles. The van der Waals surface area contributed by atoms with Crippen LogP contribution in [0.15, 0.2) is 18.2 Å². The lowest BCUT2D eigenvalue weighted by Gasteiger charge is -2.20. The normalized spacial score (nSPS) is 11.2. The molecular weight excluding hydrogens is 211 g/mol. The lowest BCUT2D eigenvalue weighted by molar-refractivity contribution is -0.136. The minimum atomic E-state index is -1.56. The number of carboxylic acid groups (broad SMARTS) is 1. The summed E-state index contributed by atoms with van der Waals surface area (Å²) in [6.45, 7) is 2.82. The topological polar surface area (TPSA) is 46.5 Å². The van der Waals surface area contributed by atoms with Crippen molar-refractivity contribution in [2.24, 2.45) is 0 Å². The van der Waals surface area contributed by atoms with Gasteiger partial charge in [-0.3, -0.25) is 4.79 Å². The van der Waals surface area contributed by atoms with Crippen molar-refractivity contribution in [3.05, 3.63) is 29.3 Å². The molecule has 0 radical (unpaired) electrons. The van der Waals surface area contributed by atoms with Crippen molar-refractivity contribution in [2.75, 3.05) is 7.11 Å². The Morgan fingerprint density at radius 1 is 1.50 bits per heavy atom. The van der Waals surface area contributed by atoms with Crippen LogP contribution >= 0.6 is 0 Å². The molecule has 0 unspecified atom stereocenters. The van der Waals surface area contributed by atoms with Crippen LogP contribution in [0.4, 0.5) is 4.39 Å². The van der Waals surface area contributed by atoms with Gasteiger partial charge in [0.25, 0.3) is 0 Å². The Morgan fingerprint density at radius 3 is 2.56 bits per heavy atom. The zero-order valence-corrected chi connectivity index (χ0v) is 9.58. The van der Waals surface area contributed by atoms with Crippen LogP contribution in [0.25, 0.3) is 0 Å². The third-order valence-electron chi connectivity index (χ3n) is 2.28. The number of methoxy groups -OCH3 is 1. The smallest absolute Gasteiger partial charge is 0.307 e. The number of carboxylic acids is 1. The van der Waals surface area contributed by atoms with Gasteiger partial charge in [0.15, 0.2) is 0 Å². The van der Waals surface area contributed by atoms with Crippen molar-refractivity contribution in [3.8, 4) is 5.75 Å². The van der Waals surface area contributed by atoms with E-state index in [0.29, 0.717) is 16.9 Å². The highest BCUT2D eigenvalue weighted by Crippen LogP contribution is 2.35. The van der Waals surface area contributed by atoms with E-state index in [1.807, 2.05) is 0 Å². The Bertz CT molecular complexity index is 394. The van der Waals surface area contributed by atoms with Crippen LogP contribution < -0.4 is 4.74 Å². The Hall–Kier alpha value is -1.58. The van der Waals surface area contributed by atoms with Gasteiger partial charge >= 0.3 is 5.97 Å². The molecule has 0 amide bonds. The number of para-hydroxylation sites is 1. The van der Waals surface area contributed by atoms with Gasteiger partial charge in [-0.25, -0.2) is 4.39 Å². The number of carbonyl (C=O) groups is 1. The maximum absolute atomic E-state index is 13.9. The van der Waals surface area contributed by atoms with Crippen molar-refractivity contribution in [3.63, 3.8) is 0 Å². The van der Waals surface area contributed by atoms with E-state index in [-0.39, 0.29) is 6.42 Å². The summed E-state index contributed by atoms with van der Waals surface area (Å²) in [6.07, 6.45) is -0.174. The van der Waals surface area contributed by atoms with Gasteiger partial charge in [-0.2, -0.15) is 0 Å². The van der Waals surface area contributed by atoms with Gasteiger partial charge in [-0.05, 0) is 13.8 Å². The van der Waals surface area contributed by atoms with Crippen LogP contribution in [0, 0.1) is 0 Å². The molecule has 0 aliphatic rings. The minimum Gasteiger partial charge on any atom is -0.496 e. The van der Waals surface area contributed by atoms with E-state index in [0.717, 1.165) is 0 Å². The van der Waals surface area contributed by atoms with Crippen LogP contribution in [0.5, 0.6) is 5.75 Å². The summed E-state index contributed by atoms with van der Waals surface area (Å²) in [7, 11) is 1.41. The zero-order chi connectivity index (χ0) is 12.3. The number of rotatable bonds is 4. The van der Waals surface area contributed by atoms with Gasteiger partial charge in [0.05, 0.1) is 13.5 Å². The van der Waals surface area contributed by atoms with Crippen LogP contribution in [0.1, 0.15) is 25.0 Å². The first kappa shape index (κ1) is 12.5. The van der Waals surface area contributed by atoms with E-state index in [9.17, 15) is 9.18 Å². The van der Waals surface area contributed by atoms with E-state index in [1.165, 1.54) is 21.0 Å². The summed E-state index contributed by atoms with van der Waals surface area (Å²) in [4.78, 5) is 10.6. The van der Waals surface area contributed by atoms with E-state index < -0.39 is 11.6 Å². The first-order valence-corrected chi connectivity index (χ1v) is 4.93. The van der Waals surface area contributed by atoms with Gasteiger partial charge in [0, 0.05) is 11.1 Å². The quantitative estimate of drug-likeness (QED) is 0.858. The maximum atomic E-state index is 13.9. The van der Waals surface area contributed by atoms with Gasteiger partial charge in [-0.1, -0.05) is 18.2 Å². The molecule has 1 rings (SSSR count). The molecule has 0 aliphatic carbocycles. The minimum absolute atomic E-state index is 0.174. The number of alkyl halides is 1. The number of halogens is 1. The summed E-state index contributed by atoms with van der Waals surface area (Å²) in [5.41, 5.74) is -0.702. The molecule has 0 bridgehead atoms. The fourth-order valence-electron chi connectivity index (χ4n) is 1.60. The highest BCUT2D eigenvalue weighted by atomic mass is 19.1. The SMILES string of the molecule is COc1c(CC(=O)O)cccc1C(C)(C)F. The fraction of sp³-hybridized carbons (Fsp3) is 0.417. The Balaban J connectivity index is 3.26. The number of ether oxygens (including phenoxy) is 1. The zero-order valence-electron chi connectivity index (χ0n) is 9.58. The molecule has 1 N–H and O–H groups in total. The average Bonchev–Trinajstić information content (AvgIpc) is 2.15. The Morgan fingerprint density at radius 2 is 2.12 bits per heavy atom. The first-order chi connectivity index (χ1) is 7.36. The average molecular weight is 226 g/mol. The maximum Gasteiger partial charge on any atom is 0.307 e. The van der Waals surface area contributed by atoms with E-state index in [1.54, 1.807) is 18.2 Å². The van der Waals surface area contributed by atoms with E-state index in [2.05, 4.69) is 0 Å². The molecular formula is C12H15FO3. The molecule has 0 aromatic heterocycles. The summed E-state index contributed by atoms with van der Waals surface area (Å²) in [5, 5.41) is 8.73. The van der Waals surface area contributed by atoms with Gasteiger partial charge in [0.2, 0.25) is 0 Å². The molecule has 0 atom stereocenters. The molecule has 4 heteroatoms. The molecule has 3 nitrogen and oxygen atoms in total. The second-order valence-corrected chi connectivity index (χ2v) is 4.04. The molecule has 0 fully saturated rings.